The molecule has 1 aromatic carbocycles. The highest BCUT2D eigenvalue weighted by molar-refractivity contribution is 7.89. The summed E-state index contributed by atoms with van der Waals surface area (Å²) in [5.74, 6) is 0.227. The molecule has 0 unspecified atom stereocenters. The molecule has 0 saturated heterocycles. The molecule has 20 heavy (non-hydrogen) atoms. The number of likely N-dealkylation sites (N-methyl/N-ethyl adjacent to an activating group) is 1. The van der Waals surface area contributed by atoms with E-state index in [1.165, 1.54) is 24.5 Å². The molecule has 0 fully saturated rings. The first-order chi connectivity index (χ1) is 9.23. The summed E-state index contributed by atoms with van der Waals surface area (Å²) in [4.78, 5) is 0.0108. The van der Waals surface area contributed by atoms with Crippen LogP contribution in [0.3, 0.4) is 0 Å². The minimum absolute atomic E-state index is 0.0108. The van der Waals surface area contributed by atoms with Gasteiger partial charge in [-0.3, -0.25) is 0 Å². The Kier molecular flexibility index (Phi) is 5.59. The molecule has 0 heterocycles. The van der Waals surface area contributed by atoms with E-state index in [-0.39, 0.29) is 23.7 Å². The lowest BCUT2D eigenvalue weighted by Crippen LogP contribution is -2.29. The lowest BCUT2D eigenvalue weighted by atomic mass is 10.2. The Balaban J connectivity index is 3.44. The standard InChI is InChI=1S/C13H19ClN2O3S/c1-9(2)8-16(3)20(17,18)12-6-11(14)5-10(7-15)13(12)19-4/h5-6H,1,7-8,15H2,2-4H3. The van der Waals surface area contributed by atoms with Crippen molar-refractivity contribution < 1.29 is 13.2 Å². The van der Waals surface area contributed by atoms with Crippen LogP contribution in [0.4, 0.5) is 0 Å². The second-order valence-corrected chi connectivity index (χ2v) is 6.97. The van der Waals surface area contributed by atoms with Gasteiger partial charge in [0.2, 0.25) is 10.0 Å². The van der Waals surface area contributed by atoms with Gasteiger partial charge in [0.05, 0.1) is 7.11 Å². The normalized spacial score (nSPS) is 11.7. The predicted molar refractivity (Wildman–Crippen MR) is 80.5 cm³/mol. The molecule has 2 N–H and O–H groups in total. The SMILES string of the molecule is C=C(C)CN(C)S(=O)(=O)c1cc(Cl)cc(CN)c1OC. The third-order valence-corrected chi connectivity index (χ3v) is 4.73. The van der Waals surface area contributed by atoms with Gasteiger partial charge < -0.3 is 10.5 Å². The molecule has 0 aliphatic rings. The first-order valence-corrected chi connectivity index (χ1v) is 7.73. The number of hydrogen-bond donors (Lipinski definition) is 1. The van der Waals surface area contributed by atoms with Crippen molar-refractivity contribution in [2.24, 2.45) is 5.73 Å². The maximum absolute atomic E-state index is 12.6. The highest BCUT2D eigenvalue weighted by Crippen LogP contribution is 2.33. The summed E-state index contributed by atoms with van der Waals surface area (Å²) in [6.07, 6.45) is 0. The van der Waals surface area contributed by atoms with Crippen molar-refractivity contribution in [1.29, 1.82) is 0 Å². The van der Waals surface area contributed by atoms with E-state index in [0.29, 0.717) is 10.6 Å². The Labute approximate surface area is 125 Å². The molecule has 0 spiro atoms. The van der Waals surface area contributed by atoms with E-state index in [2.05, 4.69) is 6.58 Å². The van der Waals surface area contributed by atoms with Gasteiger partial charge in [-0.2, -0.15) is 4.31 Å². The first kappa shape index (κ1) is 17.0. The molecule has 5 nitrogen and oxygen atoms in total. The Morgan fingerprint density at radius 2 is 2.10 bits per heavy atom. The van der Waals surface area contributed by atoms with Crippen molar-refractivity contribution in [2.75, 3.05) is 20.7 Å². The van der Waals surface area contributed by atoms with Crippen LogP contribution in [0.2, 0.25) is 5.02 Å². The highest BCUT2D eigenvalue weighted by atomic mass is 35.5. The largest absolute Gasteiger partial charge is 0.495 e. The smallest absolute Gasteiger partial charge is 0.246 e. The van der Waals surface area contributed by atoms with Crippen molar-refractivity contribution in [3.05, 3.63) is 34.9 Å². The van der Waals surface area contributed by atoms with Crippen LogP contribution in [0.25, 0.3) is 0 Å². The van der Waals surface area contributed by atoms with E-state index in [9.17, 15) is 8.42 Å². The zero-order chi connectivity index (χ0) is 15.5. The molecule has 1 rings (SSSR count). The second kappa shape index (κ2) is 6.58. The number of hydrogen-bond acceptors (Lipinski definition) is 4. The average molecular weight is 319 g/mol. The molecular weight excluding hydrogens is 300 g/mol. The van der Waals surface area contributed by atoms with Crippen molar-refractivity contribution in [1.82, 2.24) is 4.31 Å². The van der Waals surface area contributed by atoms with Crippen molar-refractivity contribution in [3.8, 4) is 5.75 Å². The molecule has 0 radical (unpaired) electrons. The summed E-state index contributed by atoms with van der Waals surface area (Å²) in [7, 11) is -0.843. The Morgan fingerprint density at radius 3 is 2.55 bits per heavy atom. The van der Waals surface area contributed by atoms with Crippen LogP contribution in [0, 0.1) is 0 Å². The van der Waals surface area contributed by atoms with Gasteiger partial charge in [0.15, 0.2) is 0 Å². The summed E-state index contributed by atoms with van der Waals surface area (Å²) in [5.41, 5.74) is 6.88. The zero-order valence-corrected chi connectivity index (χ0v) is 13.4. The monoisotopic (exact) mass is 318 g/mol. The molecule has 0 aliphatic heterocycles. The van der Waals surface area contributed by atoms with Gasteiger partial charge in [0.1, 0.15) is 10.6 Å². The Morgan fingerprint density at radius 1 is 1.50 bits per heavy atom. The van der Waals surface area contributed by atoms with Gasteiger partial charge in [0.25, 0.3) is 0 Å². The van der Waals surface area contributed by atoms with Crippen LogP contribution in [-0.4, -0.2) is 33.4 Å². The zero-order valence-electron chi connectivity index (χ0n) is 11.8. The second-order valence-electron chi connectivity index (χ2n) is 4.52. The fourth-order valence-electron chi connectivity index (χ4n) is 1.83. The van der Waals surface area contributed by atoms with Crippen LogP contribution in [0.5, 0.6) is 5.75 Å². The van der Waals surface area contributed by atoms with Gasteiger partial charge in [-0.1, -0.05) is 23.8 Å². The number of nitrogens with two attached hydrogens (primary N) is 1. The Bertz CT molecular complexity index is 614. The van der Waals surface area contributed by atoms with Crippen molar-refractivity contribution in [3.63, 3.8) is 0 Å². The van der Waals surface area contributed by atoms with E-state index >= 15 is 0 Å². The summed E-state index contributed by atoms with van der Waals surface area (Å²) in [5, 5.41) is 0.300. The fraction of sp³-hybridized carbons (Fsp3) is 0.385. The van der Waals surface area contributed by atoms with Crippen LogP contribution >= 0.6 is 11.6 Å². The molecule has 7 heteroatoms. The third-order valence-electron chi connectivity index (χ3n) is 2.70. The predicted octanol–water partition coefficient (Wildman–Crippen LogP) is 2.00. The van der Waals surface area contributed by atoms with E-state index in [4.69, 9.17) is 22.1 Å². The van der Waals surface area contributed by atoms with Gasteiger partial charge in [-0.05, 0) is 19.1 Å². The molecule has 1 aromatic rings. The number of nitrogens with zero attached hydrogens (tertiary/aromatic N) is 1. The lowest BCUT2D eigenvalue weighted by molar-refractivity contribution is 0.394. The molecule has 0 bridgehead atoms. The van der Waals surface area contributed by atoms with E-state index < -0.39 is 10.0 Å². The third kappa shape index (κ3) is 3.52. The van der Waals surface area contributed by atoms with Crippen molar-refractivity contribution >= 4 is 21.6 Å². The summed E-state index contributed by atoms with van der Waals surface area (Å²) in [6.45, 7) is 5.82. The number of benzene rings is 1. The van der Waals surface area contributed by atoms with Gasteiger partial charge >= 0.3 is 0 Å². The van der Waals surface area contributed by atoms with Gasteiger partial charge in [-0.25, -0.2) is 8.42 Å². The lowest BCUT2D eigenvalue weighted by Gasteiger charge is -2.20. The minimum atomic E-state index is -3.72. The quantitative estimate of drug-likeness (QED) is 0.814. The van der Waals surface area contributed by atoms with Crippen LogP contribution in [0.15, 0.2) is 29.2 Å². The van der Waals surface area contributed by atoms with Crippen molar-refractivity contribution in [2.45, 2.75) is 18.4 Å². The average Bonchev–Trinajstić information content (AvgIpc) is 2.36. The van der Waals surface area contributed by atoms with Crippen LogP contribution < -0.4 is 10.5 Å². The molecule has 0 aromatic heterocycles. The Hall–Kier alpha value is -1.08. The minimum Gasteiger partial charge on any atom is -0.495 e. The summed E-state index contributed by atoms with van der Waals surface area (Å²) >= 11 is 5.96. The fourth-order valence-corrected chi connectivity index (χ4v) is 3.59. The molecule has 0 aliphatic carbocycles. The van der Waals surface area contributed by atoms with Crippen LogP contribution in [-0.2, 0) is 16.6 Å². The topological polar surface area (TPSA) is 72.6 Å². The summed E-state index contributed by atoms with van der Waals surface area (Å²) < 4.78 is 31.5. The number of methoxy groups -OCH3 is 1. The number of sulfonamides is 1. The highest BCUT2D eigenvalue weighted by Gasteiger charge is 2.26. The number of rotatable bonds is 6. The van der Waals surface area contributed by atoms with Gasteiger partial charge in [0, 0.05) is 30.7 Å². The van der Waals surface area contributed by atoms with Crippen LogP contribution in [0.1, 0.15) is 12.5 Å². The summed E-state index contributed by atoms with van der Waals surface area (Å²) in [6, 6.07) is 2.96. The van der Waals surface area contributed by atoms with E-state index in [1.54, 1.807) is 13.0 Å². The van der Waals surface area contributed by atoms with Gasteiger partial charge in [-0.15, -0.1) is 0 Å². The number of halogens is 1. The molecule has 0 saturated carbocycles. The molecular formula is C13H19ClN2O3S. The maximum atomic E-state index is 12.6. The first-order valence-electron chi connectivity index (χ1n) is 5.91. The molecule has 0 amide bonds. The molecule has 0 atom stereocenters. The maximum Gasteiger partial charge on any atom is 0.246 e. The number of ether oxygens (including phenoxy) is 1. The van der Waals surface area contributed by atoms with E-state index in [1.807, 2.05) is 0 Å². The molecule has 112 valence electrons. The van der Waals surface area contributed by atoms with E-state index in [0.717, 1.165) is 5.57 Å².